The van der Waals surface area contributed by atoms with Crippen LogP contribution in [0.15, 0.2) is 53.7 Å². The highest BCUT2D eigenvalue weighted by molar-refractivity contribution is 7.99. The maximum Gasteiger partial charge on any atom is 0.234 e. The minimum Gasteiger partial charge on any atom is -0.372 e. The van der Waals surface area contributed by atoms with E-state index in [-0.39, 0.29) is 23.5 Å². The van der Waals surface area contributed by atoms with Crippen LogP contribution >= 0.6 is 11.8 Å². The molecule has 35 heavy (non-hydrogen) atoms. The van der Waals surface area contributed by atoms with E-state index in [1.54, 1.807) is 12.1 Å². The number of benzene rings is 2. The first-order valence-electron chi connectivity index (χ1n) is 12.1. The molecule has 0 radical (unpaired) electrons. The van der Waals surface area contributed by atoms with Crippen LogP contribution in [0.5, 0.6) is 0 Å². The van der Waals surface area contributed by atoms with Crippen molar-refractivity contribution in [3.8, 4) is 5.69 Å². The molecular weight excluding hydrogens is 463 g/mol. The van der Waals surface area contributed by atoms with Gasteiger partial charge in [0, 0.05) is 30.2 Å². The summed E-state index contributed by atoms with van der Waals surface area (Å²) in [4.78, 5) is 17.1. The predicted octanol–water partition coefficient (Wildman–Crippen LogP) is 5.14. The maximum atomic E-state index is 13.5. The Morgan fingerprint density at radius 3 is 2.26 bits per heavy atom. The van der Waals surface area contributed by atoms with Crippen LogP contribution in [0.25, 0.3) is 5.69 Å². The second kappa shape index (κ2) is 11.7. The van der Waals surface area contributed by atoms with Gasteiger partial charge in [-0.25, -0.2) is 4.39 Å². The Bertz CT molecular complexity index is 1110. The molecule has 2 aromatic carbocycles. The maximum absolute atomic E-state index is 13.5. The molecule has 0 aliphatic carbocycles. The lowest BCUT2D eigenvalue weighted by Crippen LogP contribution is -2.23. The van der Waals surface area contributed by atoms with Crippen molar-refractivity contribution in [3.63, 3.8) is 0 Å². The molecule has 1 N–H and O–H groups in total. The quantitative estimate of drug-likeness (QED) is 0.436. The molecule has 0 bridgehead atoms. The summed E-state index contributed by atoms with van der Waals surface area (Å²) in [6.45, 7) is 4.21. The van der Waals surface area contributed by atoms with Crippen LogP contribution in [0.2, 0.25) is 0 Å². The molecule has 0 spiro atoms. The third-order valence-electron chi connectivity index (χ3n) is 6.35. The van der Waals surface area contributed by atoms with Crippen LogP contribution in [0.4, 0.5) is 15.8 Å². The van der Waals surface area contributed by atoms with E-state index in [1.807, 2.05) is 42.6 Å². The van der Waals surface area contributed by atoms with E-state index in [4.69, 9.17) is 0 Å². The summed E-state index contributed by atoms with van der Waals surface area (Å²) in [6.07, 6.45) is 5.06. The van der Waals surface area contributed by atoms with Gasteiger partial charge in [-0.1, -0.05) is 24.6 Å². The number of amides is 1. The van der Waals surface area contributed by atoms with E-state index in [9.17, 15) is 9.18 Å². The highest BCUT2D eigenvalue weighted by Crippen LogP contribution is 2.27. The van der Waals surface area contributed by atoms with Crippen LogP contribution in [0, 0.1) is 5.82 Å². The number of aromatic nitrogens is 3. The lowest BCUT2D eigenvalue weighted by Gasteiger charge is -2.22. The average molecular weight is 497 g/mol. The number of carbonyl (C=O) groups is 1. The number of carbonyl (C=O) groups excluding carboxylic acids is 1. The number of nitrogens with zero attached hydrogens (tertiary/aromatic N) is 5. The molecule has 1 fully saturated rings. The van der Waals surface area contributed by atoms with Gasteiger partial charge >= 0.3 is 0 Å². The minimum absolute atomic E-state index is 0.0153. The van der Waals surface area contributed by atoms with Gasteiger partial charge in [0.15, 0.2) is 11.0 Å². The molecule has 186 valence electrons. The molecule has 1 amide bonds. The Morgan fingerprint density at radius 1 is 1.00 bits per heavy atom. The number of hydrogen-bond donors (Lipinski definition) is 1. The smallest absolute Gasteiger partial charge is 0.234 e. The summed E-state index contributed by atoms with van der Waals surface area (Å²) in [5.41, 5.74) is 2.73. The number of thioether (sulfide) groups is 1. The molecule has 3 aromatic rings. The van der Waals surface area contributed by atoms with Gasteiger partial charge in [0.05, 0.1) is 11.8 Å². The van der Waals surface area contributed by atoms with E-state index < -0.39 is 0 Å². The number of anilines is 2. The van der Waals surface area contributed by atoms with Crippen LogP contribution in [0.3, 0.4) is 0 Å². The van der Waals surface area contributed by atoms with Crippen LogP contribution in [-0.2, 0) is 4.79 Å². The van der Waals surface area contributed by atoms with Crippen LogP contribution in [-0.4, -0.2) is 58.5 Å². The van der Waals surface area contributed by atoms with E-state index in [0.717, 1.165) is 30.3 Å². The van der Waals surface area contributed by atoms with Gasteiger partial charge in [0.25, 0.3) is 0 Å². The molecule has 0 saturated carbocycles. The highest BCUT2D eigenvalue weighted by atomic mass is 32.2. The molecule has 1 aliphatic heterocycles. The standard InChI is InChI=1S/C26H33FN6OS/c1-19(31(2)3)25-29-30-26(33(25)23-12-8-20(27)9-13-23)35-18-24(34)28-21-10-14-22(15-11-21)32-16-6-4-5-7-17-32/h8-15,19H,4-7,16-18H2,1-3H3,(H,28,34)/t19-/m1/s1. The summed E-state index contributed by atoms with van der Waals surface area (Å²) in [7, 11) is 3.93. The largest absolute Gasteiger partial charge is 0.372 e. The second-order valence-electron chi connectivity index (χ2n) is 9.08. The predicted molar refractivity (Wildman–Crippen MR) is 140 cm³/mol. The van der Waals surface area contributed by atoms with Crippen molar-refractivity contribution in [1.82, 2.24) is 19.7 Å². The zero-order valence-corrected chi connectivity index (χ0v) is 21.4. The van der Waals surface area contributed by atoms with Gasteiger partial charge in [0.1, 0.15) is 5.82 Å². The Balaban J connectivity index is 1.42. The fraction of sp³-hybridized carbons (Fsp3) is 0.423. The Labute approximate surface area is 210 Å². The van der Waals surface area contributed by atoms with Crippen molar-refractivity contribution in [2.75, 3.05) is 43.2 Å². The van der Waals surface area contributed by atoms with Crippen molar-refractivity contribution in [1.29, 1.82) is 0 Å². The number of hydrogen-bond acceptors (Lipinski definition) is 6. The van der Waals surface area contributed by atoms with E-state index in [0.29, 0.717) is 5.16 Å². The molecule has 4 rings (SSSR count). The third-order valence-corrected chi connectivity index (χ3v) is 7.28. The summed E-state index contributed by atoms with van der Waals surface area (Å²) < 4.78 is 15.4. The molecular formula is C26H33FN6OS. The fourth-order valence-corrected chi connectivity index (χ4v) is 4.88. The molecule has 0 unspecified atom stereocenters. The SMILES string of the molecule is C[C@H](c1nnc(SCC(=O)Nc2ccc(N3CCCCCC3)cc2)n1-c1ccc(F)cc1)N(C)C. The first-order valence-corrected chi connectivity index (χ1v) is 13.1. The van der Waals surface area contributed by atoms with Crippen molar-refractivity contribution in [2.24, 2.45) is 0 Å². The minimum atomic E-state index is -0.306. The monoisotopic (exact) mass is 496 g/mol. The molecule has 1 atom stereocenters. The normalized spacial score (nSPS) is 15.2. The van der Waals surface area contributed by atoms with Crippen molar-refractivity contribution in [3.05, 3.63) is 60.2 Å². The Kier molecular flexibility index (Phi) is 8.41. The third kappa shape index (κ3) is 6.41. The van der Waals surface area contributed by atoms with E-state index >= 15 is 0 Å². The molecule has 9 heteroatoms. The van der Waals surface area contributed by atoms with Crippen molar-refractivity contribution < 1.29 is 9.18 Å². The molecule has 2 heterocycles. The van der Waals surface area contributed by atoms with Gasteiger partial charge in [-0.3, -0.25) is 14.3 Å². The molecule has 1 aliphatic rings. The molecule has 1 saturated heterocycles. The highest BCUT2D eigenvalue weighted by Gasteiger charge is 2.21. The summed E-state index contributed by atoms with van der Waals surface area (Å²) in [5.74, 6) is 0.491. The fourth-order valence-electron chi connectivity index (χ4n) is 4.12. The van der Waals surface area contributed by atoms with Crippen molar-refractivity contribution in [2.45, 2.75) is 43.8 Å². The summed E-state index contributed by atoms with van der Waals surface area (Å²) in [6, 6.07) is 14.3. The lowest BCUT2D eigenvalue weighted by atomic mass is 10.2. The van der Waals surface area contributed by atoms with Gasteiger partial charge in [-0.05, 0) is 82.4 Å². The van der Waals surface area contributed by atoms with Gasteiger partial charge in [-0.15, -0.1) is 10.2 Å². The van der Waals surface area contributed by atoms with Gasteiger partial charge < -0.3 is 10.2 Å². The zero-order chi connectivity index (χ0) is 24.8. The van der Waals surface area contributed by atoms with E-state index in [2.05, 4.69) is 32.5 Å². The topological polar surface area (TPSA) is 66.3 Å². The summed E-state index contributed by atoms with van der Waals surface area (Å²) >= 11 is 1.31. The number of rotatable bonds is 8. The Morgan fingerprint density at radius 2 is 1.63 bits per heavy atom. The Hall–Kier alpha value is -2.91. The molecule has 1 aromatic heterocycles. The second-order valence-corrected chi connectivity index (χ2v) is 10.0. The zero-order valence-electron chi connectivity index (χ0n) is 20.6. The average Bonchev–Trinajstić information content (AvgIpc) is 3.08. The van der Waals surface area contributed by atoms with Crippen LogP contribution in [0.1, 0.15) is 44.5 Å². The summed E-state index contributed by atoms with van der Waals surface area (Å²) in [5, 5.41) is 12.3. The first kappa shape index (κ1) is 25.2. The number of halogens is 1. The molecule has 7 nitrogen and oxygen atoms in total. The van der Waals surface area contributed by atoms with E-state index in [1.165, 1.54) is 55.3 Å². The first-order chi connectivity index (χ1) is 16.9. The van der Waals surface area contributed by atoms with Gasteiger partial charge in [0.2, 0.25) is 5.91 Å². The van der Waals surface area contributed by atoms with Crippen LogP contribution < -0.4 is 10.2 Å². The van der Waals surface area contributed by atoms with Crippen molar-refractivity contribution >= 4 is 29.0 Å². The van der Waals surface area contributed by atoms with Gasteiger partial charge in [-0.2, -0.15) is 0 Å². The lowest BCUT2D eigenvalue weighted by molar-refractivity contribution is -0.113. The number of nitrogens with one attached hydrogen (secondary N) is 1.